The van der Waals surface area contributed by atoms with E-state index in [1.54, 1.807) is 4.57 Å². The molecule has 5 heteroatoms. The summed E-state index contributed by atoms with van der Waals surface area (Å²) < 4.78 is 7.17. The van der Waals surface area contributed by atoms with Crippen molar-refractivity contribution in [3.05, 3.63) is 82.1 Å². The standard InChI is InChI=1S/C24H28N2O3/c1-26-22-10-6-5-9-19(22)15-20(23(26)27)16-25-17-21(18-7-3-2-4-8-18)24(28)11-13-29-14-12-24/h2-10,15,21,25,28H,11-14,16-17H2,1H3. The third-order valence-corrected chi connectivity index (χ3v) is 6.08. The molecule has 1 atom stereocenters. The highest BCUT2D eigenvalue weighted by atomic mass is 16.5. The largest absolute Gasteiger partial charge is 0.389 e. The summed E-state index contributed by atoms with van der Waals surface area (Å²) in [5.41, 5.74) is 1.98. The van der Waals surface area contributed by atoms with Crippen molar-refractivity contribution in [2.75, 3.05) is 19.8 Å². The van der Waals surface area contributed by atoms with Crippen LogP contribution in [0.1, 0.15) is 29.9 Å². The molecule has 0 aliphatic carbocycles. The van der Waals surface area contributed by atoms with Crippen molar-refractivity contribution in [1.82, 2.24) is 9.88 Å². The van der Waals surface area contributed by atoms with Gasteiger partial charge in [0.1, 0.15) is 0 Å². The molecule has 3 aromatic rings. The first kappa shape index (κ1) is 19.8. The zero-order chi connectivity index (χ0) is 20.3. The van der Waals surface area contributed by atoms with E-state index in [1.807, 2.05) is 55.6 Å². The second kappa shape index (κ2) is 8.49. The highest BCUT2D eigenvalue weighted by Gasteiger charge is 2.38. The number of ether oxygens (including phenoxy) is 1. The van der Waals surface area contributed by atoms with Crippen LogP contribution in [-0.2, 0) is 18.3 Å². The number of aromatic nitrogens is 1. The average Bonchev–Trinajstić information content (AvgIpc) is 2.75. The second-order valence-electron chi connectivity index (χ2n) is 7.90. The van der Waals surface area contributed by atoms with Crippen molar-refractivity contribution < 1.29 is 9.84 Å². The molecule has 2 heterocycles. The first-order valence-corrected chi connectivity index (χ1v) is 10.2. The number of nitrogens with one attached hydrogen (secondary N) is 1. The van der Waals surface area contributed by atoms with E-state index in [2.05, 4.69) is 17.4 Å². The van der Waals surface area contributed by atoms with Crippen LogP contribution in [0.4, 0.5) is 0 Å². The van der Waals surface area contributed by atoms with Gasteiger partial charge in [0.2, 0.25) is 0 Å². The lowest BCUT2D eigenvalue weighted by molar-refractivity contribution is -0.0796. The molecule has 1 unspecified atom stereocenters. The monoisotopic (exact) mass is 392 g/mol. The molecule has 0 bridgehead atoms. The molecule has 0 spiro atoms. The maximum atomic E-state index is 12.8. The summed E-state index contributed by atoms with van der Waals surface area (Å²) in [4.78, 5) is 12.8. The average molecular weight is 392 g/mol. The van der Waals surface area contributed by atoms with Crippen molar-refractivity contribution in [1.29, 1.82) is 0 Å². The molecular formula is C24H28N2O3. The Labute approximate surface area is 170 Å². The van der Waals surface area contributed by atoms with Crippen LogP contribution in [0, 0.1) is 0 Å². The van der Waals surface area contributed by atoms with E-state index in [0.717, 1.165) is 22.0 Å². The molecular weight excluding hydrogens is 364 g/mol. The highest BCUT2D eigenvalue weighted by molar-refractivity contribution is 5.79. The minimum atomic E-state index is -0.805. The fraction of sp³-hybridized carbons (Fsp3) is 0.375. The molecule has 2 N–H and O–H groups in total. The van der Waals surface area contributed by atoms with E-state index in [-0.39, 0.29) is 11.5 Å². The third-order valence-electron chi connectivity index (χ3n) is 6.08. The van der Waals surface area contributed by atoms with E-state index < -0.39 is 5.60 Å². The molecule has 1 fully saturated rings. The molecule has 2 aromatic carbocycles. The van der Waals surface area contributed by atoms with Crippen molar-refractivity contribution in [2.24, 2.45) is 7.05 Å². The fourth-order valence-corrected chi connectivity index (χ4v) is 4.34. The zero-order valence-electron chi connectivity index (χ0n) is 16.8. The third kappa shape index (κ3) is 4.13. The van der Waals surface area contributed by atoms with Crippen LogP contribution < -0.4 is 10.9 Å². The number of aliphatic hydroxyl groups is 1. The maximum absolute atomic E-state index is 12.8. The Morgan fingerprint density at radius 2 is 1.79 bits per heavy atom. The van der Waals surface area contributed by atoms with Gasteiger partial charge >= 0.3 is 0 Å². The number of benzene rings is 2. The van der Waals surface area contributed by atoms with Gasteiger partial charge in [-0.15, -0.1) is 0 Å². The highest BCUT2D eigenvalue weighted by Crippen LogP contribution is 2.35. The molecule has 0 radical (unpaired) electrons. The van der Waals surface area contributed by atoms with Gasteiger partial charge in [-0.1, -0.05) is 48.5 Å². The Balaban J connectivity index is 1.55. The van der Waals surface area contributed by atoms with E-state index in [9.17, 15) is 9.90 Å². The molecule has 1 aromatic heterocycles. The van der Waals surface area contributed by atoms with Gasteiger partial charge in [-0.3, -0.25) is 4.79 Å². The Morgan fingerprint density at radius 1 is 1.10 bits per heavy atom. The number of hydrogen-bond donors (Lipinski definition) is 2. The maximum Gasteiger partial charge on any atom is 0.255 e. The van der Waals surface area contributed by atoms with Crippen LogP contribution in [-0.4, -0.2) is 35.0 Å². The molecule has 29 heavy (non-hydrogen) atoms. The molecule has 152 valence electrons. The van der Waals surface area contributed by atoms with Crippen LogP contribution in [0.3, 0.4) is 0 Å². The van der Waals surface area contributed by atoms with Crippen LogP contribution >= 0.6 is 0 Å². The lowest BCUT2D eigenvalue weighted by Crippen LogP contribution is -2.45. The number of aryl methyl sites for hydroxylation is 1. The van der Waals surface area contributed by atoms with E-state index >= 15 is 0 Å². The number of rotatable bonds is 6. The quantitative estimate of drug-likeness (QED) is 0.677. The van der Waals surface area contributed by atoms with Crippen LogP contribution in [0.15, 0.2) is 65.5 Å². The van der Waals surface area contributed by atoms with E-state index in [4.69, 9.17) is 4.74 Å². The number of pyridine rings is 1. The van der Waals surface area contributed by atoms with Gasteiger partial charge in [-0.05, 0) is 23.1 Å². The van der Waals surface area contributed by atoms with Crippen LogP contribution in [0.5, 0.6) is 0 Å². The molecule has 0 amide bonds. The molecule has 4 rings (SSSR count). The summed E-state index contributed by atoms with van der Waals surface area (Å²) in [6, 6.07) is 20.0. The van der Waals surface area contributed by atoms with Crippen molar-refractivity contribution in [3.8, 4) is 0 Å². The molecule has 0 saturated carbocycles. The van der Waals surface area contributed by atoms with Gasteiger partial charge in [0.15, 0.2) is 0 Å². The smallest absolute Gasteiger partial charge is 0.255 e. The Kier molecular flexibility index (Phi) is 5.81. The molecule has 1 aliphatic heterocycles. The molecule has 1 aliphatic rings. The van der Waals surface area contributed by atoms with E-state index in [1.165, 1.54) is 0 Å². The lowest BCUT2D eigenvalue weighted by atomic mass is 9.77. The normalized spacial score (nSPS) is 17.3. The first-order chi connectivity index (χ1) is 14.1. The first-order valence-electron chi connectivity index (χ1n) is 10.2. The SMILES string of the molecule is Cn1c(=O)c(CNCC(c2ccccc2)C2(O)CCOCC2)cc2ccccc21. The zero-order valence-corrected chi connectivity index (χ0v) is 16.8. The Morgan fingerprint density at radius 3 is 2.55 bits per heavy atom. The van der Waals surface area contributed by atoms with Gasteiger partial charge in [0.25, 0.3) is 5.56 Å². The minimum Gasteiger partial charge on any atom is -0.389 e. The minimum absolute atomic E-state index is 0.0113. The fourth-order valence-electron chi connectivity index (χ4n) is 4.34. The van der Waals surface area contributed by atoms with Gasteiger partial charge in [-0.2, -0.15) is 0 Å². The Hall–Kier alpha value is -2.47. The van der Waals surface area contributed by atoms with Gasteiger partial charge in [0, 0.05) is 57.7 Å². The molecule has 5 nitrogen and oxygen atoms in total. The number of para-hydroxylation sites is 1. The van der Waals surface area contributed by atoms with Crippen molar-refractivity contribution in [2.45, 2.75) is 30.9 Å². The van der Waals surface area contributed by atoms with Gasteiger partial charge < -0.3 is 19.7 Å². The van der Waals surface area contributed by atoms with Crippen LogP contribution in [0.2, 0.25) is 0 Å². The topological polar surface area (TPSA) is 63.5 Å². The number of nitrogens with zero attached hydrogens (tertiary/aromatic N) is 1. The summed E-state index contributed by atoms with van der Waals surface area (Å²) in [6.45, 7) is 2.21. The molecule has 1 saturated heterocycles. The number of hydrogen-bond acceptors (Lipinski definition) is 4. The summed E-state index contributed by atoms with van der Waals surface area (Å²) >= 11 is 0. The summed E-state index contributed by atoms with van der Waals surface area (Å²) in [5.74, 6) is -0.0584. The number of fused-ring (bicyclic) bond motifs is 1. The van der Waals surface area contributed by atoms with Crippen LogP contribution in [0.25, 0.3) is 10.9 Å². The summed E-state index contributed by atoms with van der Waals surface area (Å²) in [5, 5.41) is 15.8. The van der Waals surface area contributed by atoms with Gasteiger partial charge in [-0.25, -0.2) is 0 Å². The predicted molar refractivity (Wildman–Crippen MR) is 115 cm³/mol. The van der Waals surface area contributed by atoms with Gasteiger partial charge in [0.05, 0.1) is 11.1 Å². The van der Waals surface area contributed by atoms with E-state index in [0.29, 0.717) is 39.1 Å². The second-order valence-corrected chi connectivity index (χ2v) is 7.90. The Bertz CT molecular complexity index is 1020. The lowest BCUT2D eigenvalue weighted by Gasteiger charge is -2.39. The van der Waals surface area contributed by atoms with Crippen molar-refractivity contribution >= 4 is 10.9 Å². The van der Waals surface area contributed by atoms with Crippen molar-refractivity contribution in [3.63, 3.8) is 0 Å². The predicted octanol–water partition coefficient (Wildman–Crippen LogP) is 2.95. The summed E-state index contributed by atoms with van der Waals surface area (Å²) in [6.07, 6.45) is 1.23. The summed E-state index contributed by atoms with van der Waals surface area (Å²) in [7, 11) is 1.81.